The summed E-state index contributed by atoms with van der Waals surface area (Å²) in [6.07, 6.45) is 5.61. The lowest BCUT2D eigenvalue weighted by atomic mass is 9.87. The molecule has 0 saturated carbocycles. The Labute approximate surface area is 230 Å². The maximum absolute atomic E-state index is 15.0. The lowest BCUT2D eigenvalue weighted by Gasteiger charge is -2.39. The van der Waals surface area contributed by atoms with Gasteiger partial charge in [-0.2, -0.15) is 9.61 Å². The molecule has 2 aromatic heterocycles. The molecule has 12 nitrogen and oxygen atoms in total. The predicted octanol–water partition coefficient (Wildman–Crippen LogP) is 1.92. The third-order valence-corrected chi connectivity index (χ3v) is 8.95. The SMILES string of the molecule is CC(C)(N)c1ccc(-c2cnn3c(N)c(S(C)(=O)=O)c(C4CC5CCC(C4)N5C(=O)C(N)=NC=N)nc23)cc1F. The van der Waals surface area contributed by atoms with E-state index in [1.54, 1.807) is 30.9 Å². The number of nitrogens with zero attached hydrogens (tertiary/aromatic N) is 5. The van der Waals surface area contributed by atoms with Crippen LogP contribution in [0.15, 0.2) is 34.3 Å². The molecule has 2 aliphatic rings. The standard InChI is InChI=1S/C26H32FN9O3S/c1-26(2,31)18-7-4-13(10-19(18)27)17-11-33-36-23(30)21(40(3,38)39)20(34-24(17)36)14-8-15-5-6-16(9-14)35(15)25(37)22(29)32-12-28/h4,7,10-12,14-16H,5-6,8-9,30-31H2,1-3H3,(H3,28,29,32). The summed E-state index contributed by atoms with van der Waals surface area (Å²) in [5.74, 6) is -1.58. The Bertz CT molecular complexity index is 1660. The number of carbonyl (C=O) groups excluding carboxylic acids is 1. The fraction of sp³-hybridized carbons (Fsp3) is 0.423. The first kappa shape index (κ1) is 27.6. The maximum Gasteiger partial charge on any atom is 0.289 e. The summed E-state index contributed by atoms with van der Waals surface area (Å²) in [5.41, 5.74) is 19.3. The first-order chi connectivity index (χ1) is 18.7. The second-order valence-corrected chi connectivity index (χ2v) is 13.1. The zero-order valence-electron chi connectivity index (χ0n) is 22.4. The van der Waals surface area contributed by atoms with Gasteiger partial charge in [-0.1, -0.05) is 12.1 Å². The topological polar surface area (TPSA) is 199 Å². The van der Waals surface area contributed by atoms with Gasteiger partial charge in [0, 0.05) is 40.9 Å². The van der Waals surface area contributed by atoms with Crippen molar-refractivity contribution in [3.63, 3.8) is 0 Å². The van der Waals surface area contributed by atoms with Crippen LogP contribution < -0.4 is 17.2 Å². The summed E-state index contributed by atoms with van der Waals surface area (Å²) in [4.78, 5) is 22.9. The van der Waals surface area contributed by atoms with E-state index in [0.29, 0.717) is 40.9 Å². The number of halogens is 1. The van der Waals surface area contributed by atoms with Crippen molar-refractivity contribution in [2.75, 3.05) is 12.0 Å². The number of sulfone groups is 1. The van der Waals surface area contributed by atoms with E-state index in [1.807, 2.05) is 0 Å². The van der Waals surface area contributed by atoms with Crippen LogP contribution >= 0.6 is 0 Å². The minimum absolute atomic E-state index is 0.0813. The number of amidine groups is 1. The Hall–Kier alpha value is -3.91. The zero-order chi connectivity index (χ0) is 29.1. The highest BCUT2D eigenvalue weighted by Gasteiger charge is 2.46. The van der Waals surface area contributed by atoms with E-state index in [-0.39, 0.29) is 34.6 Å². The largest absolute Gasteiger partial charge is 0.382 e. The van der Waals surface area contributed by atoms with Crippen LogP contribution in [0.3, 0.4) is 0 Å². The Balaban J connectivity index is 1.61. The third-order valence-electron chi connectivity index (χ3n) is 7.79. The number of carbonyl (C=O) groups is 1. The molecule has 1 amide bonds. The molecule has 14 heteroatoms. The highest BCUT2D eigenvalue weighted by Crippen LogP contribution is 2.45. The number of rotatable bonds is 5. The highest BCUT2D eigenvalue weighted by atomic mass is 32.2. The van der Waals surface area contributed by atoms with Gasteiger partial charge < -0.3 is 22.1 Å². The van der Waals surface area contributed by atoms with Crippen molar-refractivity contribution in [1.29, 1.82) is 5.41 Å². The van der Waals surface area contributed by atoms with Gasteiger partial charge in [0.25, 0.3) is 5.91 Å². The number of hydrogen-bond donors (Lipinski definition) is 4. The normalized spacial score (nSPS) is 21.7. The number of piperidine rings is 1. The fourth-order valence-electron chi connectivity index (χ4n) is 6.07. The van der Waals surface area contributed by atoms with Gasteiger partial charge in [0.05, 0.1) is 11.9 Å². The summed E-state index contributed by atoms with van der Waals surface area (Å²) in [7, 11) is -3.82. The van der Waals surface area contributed by atoms with Gasteiger partial charge >= 0.3 is 0 Å². The van der Waals surface area contributed by atoms with Crippen LogP contribution in [0.4, 0.5) is 10.2 Å². The molecule has 212 valence electrons. The number of nitrogen functional groups attached to an aromatic ring is 1. The minimum atomic E-state index is -3.82. The summed E-state index contributed by atoms with van der Waals surface area (Å²) < 4.78 is 42.2. The molecule has 4 heterocycles. The summed E-state index contributed by atoms with van der Waals surface area (Å²) >= 11 is 0. The van der Waals surface area contributed by atoms with Crippen LogP contribution in [0.1, 0.15) is 56.7 Å². The van der Waals surface area contributed by atoms with E-state index in [0.717, 1.165) is 25.4 Å². The van der Waals surface area contributed by atoms with E-state index in [2.05, 4.69) is 10.1 Å². The molecule has 0 aliphatic carbocycles. The Morgan fingerprint density at radius 1 is 1.25 bits per heavy atom. The second-order valence-electron chi connectivity index (χ2n) is 11.1. The summed E-state index contributed by atoms with van der Waals surface area (Å²) in [6.45, 7) is 3.42. The second kappa shape index (κ2) is 9.63. The van der Waals surface area contributed by atoms with Gasteiger partial charge in [-0.15, -0.1) is 0 Å². The average molecular weight is 570 g/mol. The molecule has 2 atom stereocenters. The minimum Gasteiger partial charge on any atom is -0.382 e. The van der Waals surface area contributed by atoms with E-state index in [9.17, 15) is 13.2 Å². The van der Waals surface area contributed by atoms with Crippen molar-refractivity contribution >= 4 is 39.4 Å². The molecule has 2 aliphatic heterocycles. The first-order valence-electron chi connectivity index (χ1n) is 12.8. The van der Waals surface area contributed by atoms with Crippen LogP contribution in [0.25, 0.3) is 16.8 Å². The highest BCUT2D eigenvalue weighted by molar-refractivity contribution is 7.91. The maximum atomic E-state index is 15.0. The molecule has 2 saturated heterocycles. The van der Waals surface area contributed by atoms with Crippen LogP contribution in [-0.2, 0) is 20.2 Å². The number of aromatic nitrogens is 3. The fourth-order valence-corrected chi connectivity index (χ4v) is 7.13. The van der Waals surface area contributed by atoms with Gasteiger partial charge in [-0.3, -0.25) is 10.2 Å². The van der Waals surface area contributed by atoms with E-state index >= 15 is 4.39 Å². The lowest BCUT2D eigenvalue weighted by molar-refractivity contribution is -0.128. The summed E-state index contributed by atoms with van der Waals surface area (Å²) in [5, 5.41) is 11.4. The van der Waals surface area contributed by atoms with Crippen molar-refractivity contribution < 1.29 is 17.6 Å². The van der Waals surface area contributed by atoms with Crippen LogP contribution in [0.2, 0.25) is 0 Å². The zero-order valence-corrected chi connectivity index (χ0v) is 23.2. The molecule has 1 aromatic carbocycles. The number of anilines is 1. The molecule has 2 unspecified atom stereocenters. The Morgan fingerprint density at radius 2 is 1.90 bits per heavy atom. The van der Waals surface area contributed by atoms with Crippen molar-refractivity contribution in [2.45, 2.75) is 68.0 Å². The van der Waals surface area contributed by atoms with Gasteiger partial charge in [0.1, 0.15) is 22.9 Å². The molecule has 3 aromatic rings. The molecule has 5 rings (SSSR count). The molecular weight excluding hydrogens is 537 g/mol. The number of amides is 1. The smallest absolute Gasteiger partial charge is 0.289 e. The molecule has 2 fully saturated rings. The summed E-state index contributed by atoms with van der Waals surface area (Å²) in [6, 6.07) is 4.28. The Morgan fingerprint density at radius 3 is 2.45 bits per heavy atom. The van der Waals surface area contributed by atoms with Gasteiger partial charge in [-0.25, -0.2) is 22.8 Å². The van der Waals surface area contributed by atoms with Gasteiger partial charge in [-0.05, 0) is 51.2 Å². The molecular formula is C26H32FN9O3S. The Kier molecular flexibility index (Phi) is 6.65. The third kappa shape index (κ3) is 4.60. The molecule has 0 radical (unpaired) electrons. The van der Waals surface area contributed by atoms with Crippen LogP contribution in [0, 0.1) is 11.2 Å². The average Bonchev–Trinajstić information content (AvgIpc) is 3.40. The number of nitrogens with two attached hydrogens (primary N) is 3. The van der Waals surface area contributed by atoms with Crippen molar-refractivity contribution in [3.05, 3.63) is 41.5 Å². The number of nitrogens with one attached hydrogen (secondary N) is 1. The monoisotopic (exact) mass is 569 g/mol. The molecule has 40 heavy (non-hydrogen) atoms. The number of hydrogen-bond acceptors (Lipinski definition) is 8. The first-order valence-corrected chi connectivity index (χ1v) is 14.7. The van der Waals surface area contributed by atoms with Crippen molar-refractivity contribution in [1.82, 2.24) is 19.5 Å². The van der Waals surface area contributed by atoms with Crippen molar-refractivity contribution in [3.8, 4) is 11.1 Å². The number of benzene rings is 1. The number of fused-ring (bicyclic) bond motifs is 3. The van der Waals surface area contributed by atoms with E-state index in [1.165, 1.54) is 16.8 Å². The quantitative estimate of drug-likeness (QED) is 0.264. The molecule has 0 spiro atoms. The predicted molar refractivity (Wildman–Crippen MR) is 149 cm³/mol. The molecule has 2 bridgehead atoms. The van der Waals surface area contributed by atoms with Crippen LogP contribution in [-0.4, -0.2) is 64.3 Å². The van der Waals surface area contributed by atoms with E-state index < -0.39 is 27.1 Å². The van der Waals surface area contributed by atoms with Crippen LogP contribution in [0.5, 0.6) is 0 Å². The van der Waals surface area contributed by atoms with E-state index in [4.69, 9.17) is 27.6 Å². The molecule has 7 N–H and O–H groups in total. The lowest BCUT2D eigenvalue weighted by Crippen LogP contribution is -2.50. The van der Waals surface area contributed by atoms with Crippen molar-refractivity contribution in [2.24, 2.45) is 16.5 Å². The van der Waals surface area contributed by atoms with Gasteiger partial charge in [0.2, 0.25) is 0 Å². The van der Waals surface area contributed by atoms with Gasteiger partial charge in [0.15, 0.2) is 21.3 Å². The number of aliphatic imine (C=N–C) groups is 1.